The van der Waals surface area contributed by atoms with Crippen molar-refractivity contribution in [1.82, 2.24) is 19.6 Å². The number of nitrogens with zero attached hydrogens (tertiary/aromatic N) is 5. The molecule has 2 aromatic rings. The first-order valence-electron chi connectivity index (χ1n) is 16.6. The first-order valence-corrected chi connectivity index (χ1v) is 16.6. The molecule has 1 atom stereocenters. The zero-order chi connectivity index (χ0) is 34.0. The third-order valence-electron chi connectivity index (χ3n) is 9.42. The molecule has 0 bridgehead atoms. The number of allylic oxidation sites excluding steroid dienone is 1. The molecule has 0 N–H and O–H groups in total. The number of benzene rings is 2. The minimum Gasteiger partial charge on any atom is -0.465 e. The summed E-state index contributed by atoms with van der Waals surface area (Å²) in [6.45, 7) is 11.8. The number of likely N-dealkylation sites (tertiary alicyclic amines) is 1. The largest absolute Gasteiger partial charge is 0.465 e. The van der Waals surface area contributed by atoms with Gasteiger partial charge in [0.15, 0.2) is 0 Å². The molecule has 0 radical (unpaired) electrons. The summed E-state index contributed by atoms with van der Waals surface area (Å²) in [4.78, 5) is 57.1. The van der Waals surface area contributed by atoms with E-state index in [4.69, 9.17) is 4.74 Å². The van der Waals surface area contributed by atoms with Crippen LogP contribution in [0.1, 0.15) is 70.4 Å². The van der Waals surface area contributed by atoms with E-state index in [0.717, 1.165) is 55.0 Å². The average Bonchev–Trinajstić information content (AvgIpc) is 3.11. The fourth-order valence-corrected chi connectivity index (χ4v) is 6.93. The lowest BCUT2D eigenvalue weighted by atomic mass is 9.72. The van der Waals surface area contributed by atoms with Crippen LogP contribution < -0.4 is 0 Å². The Morgan fingerprint density at radius 1 is 1.00 bits per heavy atom. The summed E-state index contributed by atoms with van der Waals surface area (Å²) in [6.07, 6.45) is 6.28. The summed E-state index contributed by atoms with van der Waals surface area (Å²) in [5, 5.41) is 11.4. The van der Waals surface area contributed by atoms with E-state index in [1.807, 2.05) is 64.2 Å². The second kappa shape index (κ2) is 16.4. The Kier molecular flexibility index (Phi) is 12.3. The lowest BCUT2D eigenvalue weighted by Gasteiger charge is -2.42. The van der Waals surface area contributed by atoms with Crippen LogP contribution in [0.15, 0.2) is 77.9 Å². The number of likely N-dealkylation sites (N-methyl/N-ethyl adjacent to an activating group) is 1. The van der Waals surface area contributed by atoms with Crippen LogP contribution in [0, 0.1) is 10.1 Å². The van der Waals surface area contributed by atoms with Crippen LogP contribution >= 0.6 is 0 Å². The molecule has 2 amide bonds. The Labute approximate surface area is 277 Å². The molecule has 47 heavy (non-hydrogen) atoms. The zero-order valence-corrected chi connectivity index (χ0v) is 28.0. The molecule has 252 valence electrons. The summed E-state index contributed by atoms with van der Waals surface area (Å²) < 4.78 is 5.53. The molecule has 1 fully saturated rings. The molecule has 0 aliphatic carbocycles. The maximum atomic E-state index is 13.2. The minimum absolute atomic E-state index is 0.0257. The van der Waals surface area contributed by atoms with Gasteiger partial charge < -0.3 is 24.3 Å². The average molecular weight is 646 g/mol. The number of hydrogen-bond donors (Lipinski definition) is 0. The summed E-state index contributed by atoms with van der Waals surface area (Å²) in [7, 11) is 0. The van der Waals surface area contributed by atoms with Gasteiger partial charge >= 0.3 is 5.97 Å². The number of carbonyl (C=O) groups is 3. The Bertz CT molecular complexity index is 1450. The number of non-ortho nitro benzene ring substituents is 1. The quantitative estimate of drug-likeness (QED) is 0.103. The summed E-state index contributed by atoms with van der Waals surface area (Å²) in [6, 6.07) is 16.2. The summed E-state index contributed by atoms with van der Waals surface area (Å²) in [5.41, 5.74) is 3.51. The van der Waals surface area contributed by atoms with Crippen molar-refractivity contribution >= 4 is 24.5 Å². The third kappa shape index (κ3) is 7.56. The molecule has 2 aromatic carbocycles. The zero-order valence-electron chi connectivity index (χ0n) is 28.0. The predicted molar refractivity (Wildman–Crippen MR) is 180 cm³/mol. The van der Waals surface area contributed by atoms with E-state index in [1.54, 1.807) is 21.9 Å². The van der Waals surface area contributed by atoms with E-state index in [-0.39, 0.29) is 11.7 Å². The fourth-order valence-electron chi connectivity index (χ4n) is 6.93. The van der Waals surface area contributed by atoms with Gasteiger partial charge in [-0.05, 0) is 77.2 Å². The molecule has 2 aliphatic heterocycles. The van der Waals surface area contributed by atoms with E-state index < -0.39 is 16.3 Å². The third-order valence-corrected chi connectivity index (χ3v) is 9.42. The van der Waals surface area contributed by atoms with E-state index in [2.05, 4.69) is 9.80 Å². The molecule has 11 heteroatoms. The van der Waals surface area contributed by atoms with Crippen molar-refractivity contribution in [3.63, 3.8) is 0 Å². The molecule has 0 aromatic heterocycles. The second-order valence-corrected chi connectivity index (χ2v) is 11.9. The molecule has 1 unspecified atom stereocenters. The SMILES string of the molecule is CCOC(=O)C1(c2ccccc2)CCN(CCCN(C=O)C2=CN(CC)C(CC)=C(N(C=O)CC)C2c2ccc([N+](=O)[O-])cc2)CC1. The van der Waals surface area contributed by atoms with Gasteiger partial charge in [-0.3, -0.25) is 24.5 Å². The number of ether oxygens (including phenoxy) is 1. The van der Waals surface area contributed by atoms with Crippen LogP contribution in [0.5, 0.6) is 0 Å². The highest BCUT2D eigenvalue weighted by molar-refractivity contribution is 5.83. The van der Waals surface area contributed by atoms with Crippen molar-refractivity contribution < 1.29 is 24.0 Å². The lowest BCUT2D eigenvalue weighted by Crippen LogP contribution is -2.48. The fraction of sp³-hybridized carbons (Fsp3) is 0.472. The van der Waals surface area contributed by atoms with E-state index in [0.29, 0.717) is 57.6 Å². The van der Waals surface area contributed by atoms with Crippen molar-refractivity contribution in [1.29, 1.82) is 0 Å². The Morgan fingerprint density at radius 2 is 1.66 bits per heavy atom. The Hall–Kier alpha value is -4.51. The molecule has 2 heterocycles. The van der Waals surface area contributed by atoms with Crippen LogP contribution in [0.25, 0.3) is 0 Å². The lowest BCUT2D eigenvalue weighted by molar-refractivity contribution is -0.384. The van der Waals surface area contributed by atoms with Gasteiger partial charge in [0.25, 0.3) is 5.69 Å². The normalized spacial score (nSPS) is 17.9. The topological polar surface area (TPSA) is 117 Å². The van der Waals surface area contributed by atoms with Gasteiger partial charge in [-0.25, -0.2) is 0 Å². The number of nitro groups is 1. The number of carbonyl (C=O) groups excluding carboxylic acids is 3. The number of nitro benzene ring substituents is 1. The number of hydrogen-bond acceptors (Lipinski definition) is 8. The van der Waals surface area contributed by atoms with Crippen LogP contribution in [-0.4, -0.2) is 89.2 Å². The van der Waals surface area contributed by atoms with E-state index in [1.165, 1.54) is 12.1 Å². The van der Waals surface area contributed by atoms with Crippen molar-refractivity contribution in [2.45, 2.75) is 64.7 Å². The maximum absolute atomic E-state index is 13.2. The highest BCUT2D eigenvalue weighted by Gasteiger charge is 2.44. The molecule has 1 saturated heterocycles. The number of amides is 2. The molecule has 11 nitrogen and oxygen atoms in total. The van der Waals surface area contributed by atoms with Gasteiger partial charge in [0.2, 0.25) is 12.8 Å². The van der Waals surface area contributed by atoms with Crippen molar-refractivity contribution in [2.24, 2.45) is 0 Å². The van der Waals surface area contributed by atoms with Crippen LogP contribution in [0.2, 0.25) is 0 Å². The molecule has 4 rings (SSSR count). The maximum Gasteiger partial charge on any atom is 0.316 e. The molecular formula is C36H47N5O6. The Morgan fingerprint density at radius 3 is 2.19 bits per heavy atom. The monoisotopic (exact) mass is 645 g/mol. The van der Waals surface area contributed by atoms with E-state index >= 15 is 0 Å². The summed E-state index contributed by atoms with van der Waals surface area (Å²) in [5.74, 6) is -0.651. The molecular weight excluding hydrogens is 598 g/mol. The van der Waals surface area contributed by atoms with Crippen molar-refractivity contribution in [3.8, 4) is 0 Å². The minimum atomic E-state index is -0.666. The van der Waals surface area contributed by atoms with Crippen molar-refractivity contribution in [3.05, 3.63) is 99.1 Å². The van der Waals surface area contributed by atoms with Crippen LogP contribution in [0.4, 0.5) is 5.69 Å². The number of piperidine rings is 1. The van der Waals surface area contributed by atoms with Gasteiger partial charge in [0.05, 0.1) is 34.3 Å². The Balaban J connectivity index is 1.56. The first-order chi connectivity index (χ1) is 22.8. The summed E-state index contributed by atoms with van der Waals surface area (Å²) >= 11 is 0. The molecule has 0 spiro atoms. The second-order valence-electron chi connectivity index (χ2n) is 11.9. The van der Waals surface area contributed by atoms with Crippen LogP contribution in [-0.2, 0) is 24.5 Å². The smallest absolute Gasteiger partial charge is 0.316 e. The van der Waals surface area contributed by atoms with Crippen LogP contribution in [0.3, 0.4) is 0 Å². The van der Waals surface area contributed by atoms with E-state index in [9.17, 15) is 24.5 Å². The highest BCUT2D eigenvalue weighted by Crippen LogP contribution is 2.43. The van der Waals surface area contributed by atoms with Gasteiger partial charge in [-0.1, -0.05) is 49.4 Å². The highest BCUT2D eigenvalue weighted by atomic mass is 16.6. The first kappa shape index (κ1) is 35.3. The molecule has 0 saturated carbocycles. The van der Waals surface area contributed by atoms with Gasteiger partial charge in [0.1, 0.15) is 0 Å². The predicted octanol–water partition coefficient (Wildman–Crippen LogP) is 5.40. The van der Waals surface area contributed by atoms with Gasteiger partial charge in [-0.15, -0.1) is 0 Å². The number of rotatable bonds is 16. The van der Waals surface area contributed by atoms with Gasteiger partial charge in [-0.2, -0.15) is 0 Å². The standard InChI is InChI=1S/C36H47N5O6/c1-5-31-34(39(7-3)26-42)33(28-15-17-30(18-16-28)41(45)46)32(25-38(31)6-2)40(27-43)22-12-21-37-23-19-36(20-24-37,35(44)47-8-4)29-13-10-9-11-14-29/h9-11,13-18,25-27,33H,5-8,12,19-24H2,1-4H3. The number of esters is 1. The van der Waals surface area contributed by atoms with Crippen molar-refractivity contribution in [2.75, 3.05) is 45.9 Å². The van der Waals surface area contributed by atoms with Gasteiger partial charge in [0, 0.05) is 43.7 Å². The molecule has 2 aliphatic rings.